The highest BCUT2D eigenvalue weighted by Crippen LogP contribution is 2.43. The maximum Gasteiger partial charge on any atom is 0.472 e. The third-order valence-corrected chi connectivity index (χ3v) is 8.72. The molecule has 0 heterocycles. The quantitative estimate of drug-likeness (QED) is 0.0239. The second-order valence-corrected chi connectivity index (χ2v) is 15.1. The third kappa shape index (κ3) is 34.2. The Morgan fingerprint density at radius 2 is 1.15 bits per heavy atom. The first kappa shape index (κ1) is 45.5. The summed E-state index contributed by atoms with van der Waals surface area (Å²) in [6.07, 6.45) is 29.5. The fourth-order valence-electron chi connectivity index (χ4n) is 4.75. The van der Waals surface area contributed by atoms with Crippen molar-refractivity contribution in [1.29, 1.82) is 0 Å². The summed E-state index contributed by atoms with van der Waals surface area (Å²) < 4.78 is 34.0. The van der Waals surface area contributed by atoms with Crippen molar-refractivity contribution in [3.8, 4) is 0 Å². The van der Waals surface area contributed by atoms with Crippen molar-refractivity contribution < 1.29 is 42.1 Å². The summed E-state index contributed by atoms with van der Waals surface area (Å²) in [6.45, 7) is 4.32. The van der Waals surface area contributed by atoms with Crippen molar-refractivity contribution in [3.63, 3.8) is 0 Å². The van der Waals surface area contributed by atoms with E-state index < -0.39 is 26.5 Å². The molecule has 0 aliphatic carbocycles. The Balaban J connectivity index is 4.42. The van der Waals surface area contributed by atoms with E-state index in [-0.39, 0.29) is 32.0 Å². The SMILES string of the molecule is CCCCCC/C=C\C/C=C\CCCCCCCC(=O)OC(COC(=O)CCCCCCCCC)COP(=O)(O)OCC[N+](C)(C)C. The third-order valence-electron chi connectivity index (χ3n) is 7.73. The minimum atomic E-state index is -4.36. The number of carbonyl (C=O) groups excluding carboxylic acids is 2. The number of hydrogen-bond acceptors (Lipinski definition) is 7. The van der Waals surface area contributed by atoms with Crippen LogP contribution in [0.1, 0.15) is 149 Å². The first-order chi connectivity index (χ1) is 22.5. The monoisotopic (exact) mass is 688 g/mol. The summed E-state index contributed by atoms with van der Waals surface area (Å²) in [5.74, 6) is -0.822. The van der Waals surface area contributed by atoms with E-state index >= 15 is 0 Å². The highest BCUT2D eigenvalue weighted by molar-refractivity contribution is 7.47. The van der Waals surface area contributed by atoms with Crippen molar-refractivity contribution in [2.45, 2.75) is 155 Å². The second-order valence-electron chi connectivity index (χ2n) is 13.6. The zero-order valence-corrected chi connectivity index (χ0v) is 31.7. The lowest BCUT2D eigenvalue weighted by Crippen LogP contribution is -2.37. The van der Waals surface area contributed by atoms with E-state index in [1.807, 2.05) is 21.1 Å². The lowest BCUT2D eigenvalue weighted by molar-refractivity contribution is -0.870. The van der Waals surface area contributed by atoms with Crippen molar-refractivity contribution >= 4 is 19.8 Å². The number of quaternary nitrogens is 1. The van der Waals surface area contributed by atoms with Crippen LogP contribution in [0.2, 0.25) is 0 Å². The van der Waals surface area contributed by atoms with E-state index in [2.05, 4.69) is 38.2 Å². The Bertz CT molecular complexity index is 871. The molecule has 0 aromatic carbocycles. The van der Waals surface area contributed by atoms with E-state index in [0.717, 1.165) is 57.8 Å². The van der Waals surface area contributed by atoms with Crippen molar-refractivity contribution in [3.05, 3.63) is 24.3 Å². The lowest BCUT2D eigenvalue weighted by atomic mass is 10.1. The number of carbonyl (C=O) groups is 2. The smallest absolute Gasteiger partial charge is 0.462 e. The maximum absolute atomic E-state index is 12.6. The highest BCUT2D eigenvalue weighted by Gasteiger charge is 2.27. The van der Waals surface area contributed by atoms with Gasteiger partial charge >= 0.3 is 19.8 Å². The van der Waals surface area contributed by atoms with Gasteiger partial charge in [-0.3, -0.25) is 18.6 Å². The molecule has 2 unspecified atom stereocenters. The van der Waals surface area contributed by atoms with Gasteiger partial charge in [-0.05, 0) is 44.9 Å². The Hall–Kier alpha value is -1.51. The van der Waals surface area contributed by atoms with E-state index in [4.69, 9.17) is 18.5 Å². The lowest BCUT2D eigenvalue weighted by Gasteiger charge is -2.24. The van der Waals surface area contributed by atoms with Gasteiger partial charge in [0.2, 0.25) is 0 Å². The summed E-state index contributed by atoms with van der Waals surface area (Å²) in [5.41, 5.74) is 0. The molecule has 9 nitrogen and oxygen atoms in total. The van der Waals surface area contributed by atoms with Crippen molar-refractivity contribution in [2.24, 2.45) is 0 Å². The molecule has 0 saturated carbocycles. The Morgan fingerprint density at radius 3 is 1.70 bits per heavy atom. The molecule has 0 amide bonds. The molecule has 2 atom stereocenters. The zero-order valence-electron chi connectivity index (χ0n) is 30.8. The number of ether oxygens (including phenoxy) is 2. The molecule has 0 rings (SSSR count). The number of phosphoric ester groups is 1. The molecule has 0 saturated heterocycles. The van der Waals surface area contributed by atoms with Crippen LogP contribution >= 0.6 is 7.82 Å². The van der Waals surface area contributed by atoms with Crippen LogP contribution in [0.5, 0.6) is 0 Å². The molecule has 0 bridgehead atoms. The summed E-state index contributed by atoms with van der Waals surface area (Å²) in [5, 5.41) is 0. The molecular weight excluding hydrogens is 617 g/mol. The highest BCUT2D eigenvalue weighted by atomic mass is 31.2. The fourth-order valence-corrected chi connectivity index (χ4v) is 5.49. The number of phosphoric acid groups is 1. The maximum atomic E-state index is 12.6. The van der Waals surface area contributed by atoms with Crippen LogP contribution in [-0.4, -0.2) is 74.9 Å². The minimum absolute atomic E-state index is 0.0298. The molecule has 1 N–H and O–H groups in total. The van der Waals surface area contributed by atoms with Crippen LogP contribution in [0.3, 0.4) is 0 Å². The van der Waals surface area contributed by atoms with E-state index in [1.54, 1.807) is 0 Å². The van der Waals surface area contributed by atoms with Crippen LogP contribution in [0.15, 0.2) is 24.3 Å². The summed E-state index contributed by atoms with van der Waals surface area (Å²) in [4.78, 5) is 35.0. The average Bonchev–Trinajstić information content (AvgIpc) is 3.01. The van der Waals surface area contributed by atoms with Gasteiger partial charge in [-0.1, -0.05) is 115 Å². The Labute approximate surface area is 288 Å². The summed E-state index contributed by atoms with van der Waals surface area (Å²) >= 11 is 0. The number of hydrogen-bond donors (Lipinski definition) is 1. The Kier molecular flexibility index (Phi) is 29.6. The van der Waals surface area contributed by atoms with E-state index in [9.17, 15) is 19.0 Å². The average molecular weight is 689 g/mol. The number of allylic oxidation sites excluding steroid dienone is 4. The van der Waals surface area contributed by atoms with Crippen molar-refractivity contribution in [2.75, 3.05) is 47.5 Å². The Morgan fingerprint density at radius 1 is 0.660 bits per heavy atom. The van der Waals surface area contributed by atoms with Gasteiger partial charge in [-0.2, -0.15) is 0 Å². The molecule has 0 spiro atoms. The van der Waals surface area contributed by atoms with Gasteiger partial charge in [0.05, 0.1) is 27.7 Å². The van der Waals surface area contributed by atoms with Crippen LogP contribution in [0.25, 0.3) is 0 Å². The largest absolute Gasteiger partial charge is 0.472 e. The standard InChI is InChI=1S/C37H70NO8P/c1-6-8-10-12-14-15-16-17-18-19-20-21-22-24-26-28-30-37(40)46-35(34-45-47(41,42)44-32-31-38(3,4)5)33-43-36(39)29-27-25-23-13-11-9-7-2/h15-16,18-19,35H,6-14,17,20-34H2,1-5H3/p+1/b16-15-,19-18-. The van der Waals surface area contributed by atoms with Crippen LogP contribution < -0.4 is 0 Å². The predicted octanol–water partition coefficient (Wildman–Crippen LogP) is 9.63. The van der Waals surface area contributed by atoms with Crippen LogP contribution in [-0.2, 0) is 32.7 Å². The van der Waals surface area contributed by atoms with Gasteiger partial charge in [-0.15, -0.1) is 0 Å². The van der Waals surface area contributed by atoms with Gasteiger partial charge in [0, 0.05) is 12.8 Å². The molecular formula is C37H71NO8P+. The molecule has 0 aromatic rings. The summed E-state index contributed by atoms with van der Waals surface area (Å²) in [6, 6.07) is 0. The zero-order chi connectivity index (χ0) is 35.1. The topological polar surface area (TPSA) is 108 Å². The number of likely N-dealkylation sites (N-methyl/N-ethyl adjacent to an activating group) is 1. The molecule has 276 valence electrons. The van der Waals surface area contributed by atoms with Gasteiger partial charge < -0.3 is 18.9 Å². The molecule has 0 aromatic heterocycles. The predicted molar refractivity (Wildman–Crippen MR) is 192 cm³/mol. The molecule has 0 radical (unpaired) electrons. The molecule has 0 aliphatic heterocycles. The normalized spacial score (nSPS) is 14.1. The first-order valence-corrected chi connectivity index (χ1v) is 20.1. The number of rotatable bonds is 33. The van der Waals surface area contributed by atoms with Crippen LogP contribution in [0.4, 0.5) is 0 Å². The minimum Gasteiger partial charge on any atom is -0.462 e. The molecule has 0 fully saturated rings. The van der Waals surface area contributed by atoms with Gasteiger partial charge in [0.15, 0.2) is 6.10 Å². The number of unbranched alkanes of at least 4 members (excludes halogenated alkanes) is 15. The van der Waals surface area contributed by atoms with Gasteiger partial charge in [-0.25, -0.2) is 4.57 Å². The fraction of sp³-hybridized carbons (Fsp3) is 0.838. The second kappa shape index (κ2) is 30.5. The molecule has 0 aliphatic rings. The van der Waals surface area contributed by atoms with Gasteiger partial charge in [0.25, 0.3) is 0 Å². The van der Waals surface area contributed by atoms with Crippen molar-refractivity contribution in [1.82, 2.24) is 0 Å². The first-order valence-electron chi connectivity index (χ1n) is 18.6. The molecule has 47 heavy (non-hydrogen) atoms. The van der Waals surface area contributed by atoms with E-state index in [1.165, 1.54) is 57.8 Å². The number of nitrogens with zero attached hydrogens (tertiary/aromatic N) is 1. The number of esters is 2. The molecule has 10 heteroatoms. The van der Waals surface area contributed by atoms with E-state index in [0.29, 0.717) is 17.4 Å². The summed E-state index contributed by atoms with van der Waals surface area (Å²) in [7, 11) is 1.46. The van der Waals surface area contributed by atoms with Crippen LogP contribution in [0, 0.1) is 0 Å². The van der Waals surface area contributed by atoms with Gasteiger partial charge in [0.1, 0.15) is 19.8 Å².